The minimum Gasteiger partial charge on any atom is -0.472 e. The minimum absolute atomic E-state index is 0.0303. The Morgan fingerprint density at radius 1 is 1.30 bits per heavy atom. The smallest absolute Gasteiger partial charge is 0.269 e. The van der Waals surface area contributed by atoms with Gasteiger partial charge in [-0.3, -0.25) is 14.9 Å². The van der Waals surface area contributed by atoms with Crippen LogP contribution in [0.1, 0.15) is 22.3 Å². The highest BCUT2D eigenvalue weighted by Crippen LogP contribution is 2.25. The lowest BCUT2D eigenvalue weighted by Crippen LogP contribution is -2.37. The zero-order valence-electron chi connectivity index (χ0n) is 15.4. The number of fused-ring (bicyclic) bond motifs is 1. The van der Waals surface area contributed by atoms with Crippen LogP contribution in [0.3, 0.4) is 0 Å². The molecule has 0 saturated carbocycles. The summed E-state index contributed by atoms with van der Waals surface area (Å²) in [5, 5.41) is 10.8. The second kappa shape index (κ2) is 8.13. The molecule has 0 saturated heterocycles. The zero-order valence-corrected chi connectivity index (χ0v) is 15.4. The van der Waals surface area contributed by atoms with Crippen LogP contribution in [0.5, 0.6) is 5.88 Å². The number of carbonyl (C=O) groups is 1. The van der Waals surface area contributed by atoms with E-state index in [1.54, 1.807) is 35.4 Å². The normalized spacial score (nSPS) is 16.6. The first kappa shape index (κ1) is 18.8. The second-order valence-electron chi connectivity index (χ2n) is 6.80. The van der Waals surface area contributed by atoms with Crippen LogP contribution in [0.25, 0.3) is 0 Å². The molecule has 3 rings (SSSR count). The summed E-state index contributed by atoms with van der Waals surface area (Å²) in [6, 6.07) is 9.68. The summed E-state index contributed by atoms with van der Waals surface area (Å²) in [5.74, 6) is 0.210. The number of non-ortho nitro benzene ring substituents is 1. The maximum Gasteiger partial charge on any atom is 0.269 e. The molecule has 0 aliphatic carbocycles. The van der Waals surface area contributed by atoms with Crippen LogP contribution in [-0.4, -0.2) is 58.9 Å². The van der Waals surface area contributed by atoms with Gasteiger partial charge in [0.1, 0.15) is 11.7 Å². The maximum atomic E-state index is 13.0. The highest BCUT2D eigenvalue weighted by atomic mass is 16.6. The van der Waals surface area contributed by atoms with Crippen molar-refractivity contribution in [1.29, 1.82) is 0 Å². The Hall–Kier alpha value is -3.00. The van der Waals surface area contributed by atoms with Gasteiger partial charge in [0, 0.05) is 31.4 Å². The molecule has 0 fully saturated rings. The number of rotatable bonds is 6. The molecule has 1 aliphatic heterocycles. The third kappa shape index (κ3) is 4.59. The Morgan fingerprint density at radius 2 is 2.04 bits per heavy atom. The van der Waals surface area contributed by atoms with Crippen LogP contribution in [0.2, 0.25) is 0 Å². The monoisotopic (exact) mass is 370 g/mol. The summed E-state index contributed by atoms with van der Waals surface area (Å²) < 4.78 is 6.01. The van der Waals surface area contributed by atoms with Gasteiger partial charge in [0.15, 0.2) is 0 Å². The first-order valence-corrected chi connectivity index (χ1v) is 8.73. The fourth-order valence-corrected chi connectivity index (χ4v) is 2.97. The van der Waals surface area contributed by atoms with Gasteiger partial charge in [-0.2, -0.15) is 0 Å². The number of amides is 1. The van der Waals surface area contributed by atoms with E-state index in [1.807, 2.05) is 14.1 Å². The quantitative estimate of drug-likeness (QED) is 0.573. The number of carbonyl (C=O) groups excluding carboxylic acids is 1. The first-order chi connectivity index (χ1) is 12.9. The number of benzene rings is 1. The highest BCUT2D eigenvalue weighted by Gasteiger charge is 2.29. The standard InChI is InChI=1S/C19H22N4O4/c1-21(2)11-9-16-13-22(12-14-5-7-15(8-6-14)23(25)26)19(24)17-4-3-10-20-18(17)27-16/h3-8,10,16H,9,11-13H2,1-2H3. The van der Waals surface area contributed by atoms with E-state index in [9.17, 15) is 14.9 Å². The summed E-state index contributed by atoms with van der Waals surface area (Å²) >= 11 is 0. The van der Waals surface area contributed by atoms with Crippen molar-refractivity contribution < 1.29 is 14.5 Å². The summed E-state index contributed by atoms with van der Waals surface area (Å²) in [4.78, 5) is 31.4. The van der Waals surface area contributed by atoms with Gasteiger partial charge in [0.25, 0.3) is 11.6 Å². The van der Waals surface area contributed by atoms with E-state index >= 15 is 0 Å². The molecule has 2 aromatic rings. The van der Waals surface area contributed by atoms with Crippen molar-refractivity contribution in [2.75, 3.05) is 27.2 Å². The number of pyridine rings is 1. The van der Waals surface area contributed by atoms with Gasteiger partial charge >= 0.3 is 0 Å². The fraction of sp³-hybridized carbons (Fsp3) is 0.368. The summed E-state index contributed by atoms with van der Waals surface area (Å²) in [6.07, 6.45) is 2.19. The Labute approximate surface area is 157 Å². The summed E-state index contributed by atoms with van der Waals surface area (Å²) in [7, 11) is 3.98. The number of nitro benzene ring substituents is 1. The molecule has 1 aromatic heterocycles. The van der Waals surface area contributed by atoms with E-state index in [4.69, 9.17) is 4.74 Å². The maximum absolute atomic E-state index is 13.0. The van der Waals surface area contributed by atoms with Crippen LogP contribution in [-0.2, 0) is 6.54 Å². The molecular weight excluding hydrogens is 348 g/mol. The van der Waals surface area contributed by atoms with Crippen LogP contribution >= 0.6 is 0 Å². The Bertz CT molecular complexity index is 823. The van der Waals surface area contributed by atoms with Crippen molar-refractivity contribution in [3.8, 4) is 5.88 Å². The topological polar surface area (TPSA) is 88.8 Å². The molecule has 1 amide bonds. The average Bonchev–Trinajstić information content (AvgIpc) is 2.78. The molecule has 1 aromatic carbocycles. The van der Waals surface area contributed by atoms with E-state index in [0.717, 1.165) is 18.5 Å². The van der Waals surface area contributed by atoms with Crippen molar-refractivity contribution in [3.05, 3.63) is 63.8 Å². The zero-order chi connectivity index (χ0) is 19.4. The molecule has 8 heteroatoms. The third-order valence-corrected chi connectivity index (χ3v) is 4.41. The molecule has 0 spiro atoms. The first-order valence-electron chi connectivity index (χ1n) is 8.73. The molecule has 142 valence electrons. The van der Waals surface area contributed by atoms with Crippen LogP contribution in [0.15, 0.2) is 42.6 Å². The lowest BCUT2D eigenvalue weighted by atomic mass is 10.1. The number of aromatic nitrogens is 1. The molecule has 0 bridgehead atoms. The SMILES string of the molecule is CN(C)CCC1CN(Cc2ccc([N+](=O)[O-])cc2)C(=O)c2cccnc2O1. The third-order valence-electron chi connectivity index (χ3n) is 4.41. The number of nitrogens with zero attached hydrogens (tertiary/aromatic N) is 4. The van der Waals surface area contributed by atoms with Crippen molar-refractivity contribution >= 4 is 11.6 Å². The average molecular weight is 370 g/mol. The van der Waals surface area contributed by atoms with Gasteiger partial charge in [-0.15, -0.1) is 0 Å². The number of hydrogen-bond donors (Lipinski definition) is 0. The number of nitro groups is 1. The molecule has 1 unspecified atom stereocenters. The molecular formula is C19H22N4O4. The Morgan fingerprint density at radius 3 is 2.70 bits per heavy atom. The minimum atomic E-state index is -0.437. The van der Waals surface area contributed by atoms with Crippen molar-refractivity contribution in [2.24, 2.45) is 0 Å². The van der Waals surface area contributed by atoms with Gasteiger partial charge in [0.2, 0.25) is 5.88 Å². The molecule has 2 heterocycles. The van der Waals surface area contributed by atoms with Gasteiger partial charge in [-0.1, -0.05) is 12.1 Å². The number of hydrogen-bond acceptors (Lipinski definition) is 6. The highest BCUT2D eigenvalue weighted by molar-refractivity contribution is 5.96. The molecule has 0 N–H and O–H groups in total. The second-order valence-corrected chi connectivity index (χ2v) is 6.80. The molecule has 27 heavy (non-hydrogen) atoms. The van der Waals surface area contributed by atoms with Crippen molar-refractivity contribution in [3.63, 3.8) is 0 Å². The lowest BCUT2D eigenvalue weighted by molar-refractivity contribution is -0.384. The predicted molar refractivity (Wildman–Crippen MR) is 99.7 cm³/mol. The van der Waals surface area contributed by atoms with E-state index < -0.39 is 4.92 Å². The number of ether oxygens (including phenoxy) is 1. The lowest BCUT2D eigenvalue weighted by Gasteiger charge is -2.25. The van der Waals surface area contributed by atoms with Crippen LogP contribution in [0, 0.1) is 10.1 Å². The molecule has 8 nitrogen and oxygen atoms in total. The van der Waals surface area contributed by atoms with Crippen LogP contribution < -0.4 is 4.74 Å². The van der Waals surface area contributed by atoms with Crippen molar-refractivity contribution in [1.82, 2.24) is 14.8 Å². The molecule has 1 aliphatic rings. The van der Waals surface area contributed by atoms with E-state index in [1.165, 1.54) is 12.1 Å². The van der Waals surface area contributed by atoms with E-state index in [0.29, 0.717) is 24.5 Å². The van der Waals surface area contributed by atoms with Crippen molar-refractivity contribution in [2.45, 2.75) is 19.1 Å². The van der Waals surface area contributed by atoms with Gasteiger partial charge in [0.05, 0.1) is 11.5 Å². The molecule has 0 radical (unpaired) electrons. The Balaban J connectivity index is 1.83. The summed E-state index contributed by atoms with van der Waals surface area (Å²) in [5.41, 5.74) is 1.29. The van der Waals surface area contributed by atoms with E-state index in [-0.39, 0.29) is 17.7 Å². The summed E-state index contributed by atoms with van der Waals surface area (Å²) in [6.45, 7) is 1.61. The fourth-order valence-electron chi connectivity index (χ4n) is 2.97. The predicted octanol–water partition coefficient (Wildman–Crippen LogP) is 2.34. The Kier molecular flexibility index (Phi) is 5.66. The van der Waals surface area contributed by atoms with Gasteiger partial charge in [-0.05, 0) is 38.2 Å². The largest absolute Gasteiger partial charge is 0.472 e. The van der Waals surface area contributed by atoms with Gasteiger partial charge < -0.3 is 14.5 Å². The molecule has 1 atom stereocenters. The van der Waals surface area contributed by atoms with Gasteiger partial charge in [-0.25, -0.2) is 4.98 Å². The van der Waals surface area contributed by atoms with Crippen LogP contribution in [0.4, 0.5) is 5.69 Å². The van der Waals surface area contributed by atoms with E-state index in [2.05, 4.69) is 9.88 Å².